The summed E-state index contributed by atoms with van der Waals surface area (Å²) in [6.07, 6.45) is -0.362. The normalized spacial score (nSPS) is 14.8. The predicted molar refractivity (Wildman–Crippen MR) is 127 cm³/mol. The molecule has 5 N–H and O–H groups in total. The second kappa shape index (κ2) is 9.50. The predicted octanol–water partition coefficient (Wildman–Crippen LogP) is 4.05. The van der Waals surface area contributed by atoms with Crippen LogP contribution in [0.1, 0.15) is 35.6 Å². The molecule has 1 aliphatic heterocycles. The first kappa shape index (κ1) is 22.0. The molecule has 0 bridgehead atoms. The smallest absolute Gasteiger partial charge is 0.303 e. The van der Waals surface area contributed by atoms with Gasteiger partial charge in [-0.25, -0.2) is 0 Å². The van der Waals surface area contributed by atoms with Gasteiger partial charge in [0.15, 0.2) is 5.78 Å². The SMILES string of the molecule is NC(C(=O)CCC(=O)O)c1ccc(N/C(=C2\C(=O)Nc3ccccc32)c2ccccc2)cc1. The fourth-order valence-electron chi connectivity index (χ4n) is 3.74. The lowest BCUT2D eigenvalue weighted by molar-refractivity contribution is -0.138. The molecule has 7 heteroatoms. The van der Waals surface area contributed by atoms with Crippen LogP contribution in [0.2, 0.25) is 0 Å². The van der Waals surface area contributed by atoms with Crippen LogP contribution in [0.4, 0.5) is 11.4 Å². The van der Waals surface area contributed by atoms with Crippen LogP contribution in [0, 0.1) is 0 Å². The monoisotopic (exact) mass is 441 g/mol. The molecule has 3 aromatic carbocycles. The van der Waals surface area contributed by atoms with Gasteiger partial charge in [-0.05, 0) is 29.3 Å². The number of benzene rings is 3. The Labute approximate surface area is 190 Å². The van der Waals surface area contributed by atoms with E-state index < -0.39 is 12.0 Å². The first-order chi connectivity index (χ1) is 15.9. The van der Waals surface area contributed by atoms with Gasteiger partial charge < -0.3 is 21.5 Å². The molecular formula is C26H23N3O4. The summed E-state index contributed by atoms with van der Waals surface area (Å²) in [4.78, 5) is 35.7. The number of para-hydroxylation sites is 1. The molecule has 0 aliphatic carbocycles. The number of hydrogen-bond acceptors (Lipinski definition) is 5. The number of Topliss-reactive ketones (excluding diaryl/α,β-unsaturated/α-hetero) is 1. The zero-order valence-electron chi connectivity index (χ0n) is 17.7. The van der Waals surface area contributed by atoms with E-state index in [0.29, 0.717) is 22.5 Å². The molecule has 4 rings (SSSR count). The molecule has 166 valence electrons. The van der Waals surface area contributed by atoms with Gasteiger partial charge in [0, 0.05) is 23.4 Å². The lowest BCUT2D eigenvalue weighted by Gasteiger charge is -2.16. The Morgan fingerprint density at radius 2 is 1.58 bits per heavy atom. The highest BCUT2D eigenvalue weighted by Gasteiger charge is 2.28. The summed E-state index contributed by atoms with van der Waals surface area (Å²) in [5.41, 5.74) is 10.9. The number of carbonyl (C=O) groups excluding carboxylic acids is 2. The average molecular weight is 441 g/mol. The Morgan fingerprint density at radius 1 is 0.909 bits per heavy atom. The third-order valence-electron chi connectivity index (χ3n) is 5.46. The molecule has 3 aromatic rings. The molecule has 0 saturated carbocycles. The van der Waals surface area contributed by atoms with Crippen molar-refractivity contribution in [1.29, 1.82) is 0 Å². The molecule has 0 saturated heterocycles. The Balaban J connectivity index is 1.64. The molecule has 0 aromatic heterocycles. The number of hydrogen-bond donors (Lipinski definition) is 4. The van der Waals surface area contributed by atoms with Crippen LogP contribution in [0.25, 0.3) is 11.3 Å². The molecule has 1 atom stereocenters. The maximum atomic E-state index is 12.9. The van der Waals surface area contributed by atoms with Gasteiger partial charge in [-0.3, -0.25) is 14.4 Å². The summed E-state index contributed by atoms with van der Waals surface area (Å²) in [6.45, 7) is 0. The topological polar surface area (TPSA) is 122 Å². The number of carboxylic acids is 1. The van der Waals surface area contributed by atoms with Gasteiger partial charge >= 0.3 is 5.97 Å². The van der Waals surface area contributed by atoms with Crippen LogP contribution in [0.5, 0.6) is 0 Å². The van der Waals surface area contributed by atoms with Gasteiger partial charge in [-0.2, -0.15) is 0 Å². The van der Waals surface area contributed by atoms with E-state index in [-0.39, 0.29) is 24.5 Å². The fourth-order valence-corrected chi connectivity index (χ4v) is 3.74. The molecule has 0 fully saturated rings. The number of amides is 1. The van der Waals surface area contributed by atoms with Crippen molar-refractivity contribution in [2.24, 2.45) is 5.73 Å². The number of carboxylic acid groups (broad SMARTS) is 1. The second-order valence-corrected chi connectivity index (χ2v) is 7.70. The van der Waals surface area contributed by atoms with Crippen molar-refractivity contribution in [3.63, 3.8) is 0 Å². The van der Waals surface area contributed by atoms with Crippen molar-refractivity contribution < 1.29 is 19.5 Å². The number of nitrogens with one attached hydrogen (secondary N) is 2. The third-order valence-corrected chi connectivity index (χ3v) is 5.46. The first-order valence-electron chi connectivity index (χ1n) is 10.5. The number of rotatable bonds is 8. The van der Waals surface area contributed by atoms with E-state index in [9.17, 15) is 14.4 Å². The molecule has 1 aliphatic rings. The Hall–Kier alpha value is -4.23. The average Bonchev–Trinajstić information content (AvgIpc) is 3.17. The highest BCUT2D eigenvalue weighted by molar-refractivity contribution is 6.37. The van der Waals surface area contributed by atoms with Gasteiger partial charge in [0.1, 0.15) is 0 Å². The Kier molecular flexibility index (Phi) is 6.33. The quantitative estimate of drug-likeness (QED) is 0.391. The molecule has 0 spiro atoms. The maximum Gasteiger partial charge on any atom is 0.303 e. The maximum absolute atomic E-state index is 12.9. The summed E-state index contributed by atoms with van der Waals surface area (Å²) >= 11 is 0. The van der Waals surface area contributed by atoms with E-state index >= 15 is 0 Å². The van der Waals surface area contributed by atoms with Gasteiger partial charge in [-0.15, -0.1) is 0 Å². The number of carbonyl (C=O) groups is 3. The molecule has 1 heterocycles. The van der Waals surface area contributed by atoms with Crippen LogP contribution in [-0.4, -0.2) is 22.8 Å². The van der Waals surface area contributed by atoms with E-state index in [4.69, 9.17) is 10.8 Å². The zero-order valence-corrected chi connectivity index (χ0v) is 17.7. The van der Waals surface area contributed by atoms with E-state index in [2.05, 4.69) is 10.6 Å². The highest BCUT2D eigenvalue weighted by atomic mass is 16.4. The number of aliphatic carboxylic acids is 1. The fraction of sp³-hybridized carbons (Fsp3) is 0.115. The third kappa shape index (κ3) is 4.83. The highest BCUT2D eigenvalue weighted by Crippen LogP contribution is 2.37. The summed E-state index contributed by atoms with van der Waals surface area (Å²) < 4.78 is 0. The van der Waals surface area contributed by atoms with Crippen LogP contribution in [0.3, 0.4) is 0 Å². The van der Waals surface area contributed by atoms with E-state index in [0.717, 1.165) is 16.8 Å². The van der Waals surface area contributed by atoms with Crippen LogP contribution in [0.15, 0.2) is 78.9 Å². The lowest BCUT2D eigenvalue weighted by atomic mass is 9.99. The molecule has 1 amide bonds. The molecule has 0 radical (unpaired) electrons. The summed E-state index contributed by atoms with van der Waals surface area (Å²) in [5.74, 6) is -1.55. The number of nitrogens with two attached hydrogens (primary N) is 1. The van der Waals surface area contributed by atoms with Crippen molar-refractivity contribution in [2.75, 3.05) is 10.6 Å². The van der Waals surface area contributed by atoms with Gasteiger partial charge in [-0.1, -0.05) is 60.7 Å². The van der Waals surface area contributed by atoms with E-state index in [1.165, 1.54) is 0 Å². The van der Waals surface area contributed by atoms with Crippen LogP contribution < -0.4 is 16.4 Å². The van der Waals surface area contributed by atoms with Gasteiger partial charge in [0.25, 0.3) is 5.91 Å². The van der Waals surface area contributed by atoms with Crippen molar-refractivity contribution in [1.82, 2.24) is 0 Å². The number of fused-ring (bicyclic) bond motifs is 1. The Bertz CT molecular complexity index is 1230. The summed E-state index contributed by atoms with van der Waals surface area (Å²) in [7, 11) is 0. The van der Waals surface area contributed by atoms with Gasteiger partial charge in [0.05, 0.1) is 23.7 Å². The second-order valence-electron chi connectivity index (χ2n) is 7.70. The standard InChI is InChI=1S/C26H23N3O4/c27-24(21(30)14-15-22(31)32)16-10-12-18(13-11-16)28-25(17-6-2-1-3-7-17)23-19-8-4-5-9-20(19)29-26(23)33/h1-13,24,28H,14-15,27H2,(H,29,33)(H,31,32)/b25-23-. The van der Waals surface area contributed by atoms with Crippen LogP contribution >= 0.6 is 0 Å². The van der Waals surface area contributed by atoms with Crippen LogP contribution in [-0.2, 0) is 14.4 Å². The minimum Gasteiger partial charge on any atom is -0.481 e. The first-order valence-corrected chi connectivity index (χ1v) is 10.5. The lowest BCUT2D eigenvalue weighted by Crippen LogP contribution is -2.22. The summed E-state index contributed by atoms with van der Waals surface area (Å²) in [6, 6.07) is 23.2. The summed E-state index contributed by atoms with van der Waals surface area (Å²) in [5, 5.41) is 15.0. The molecule has 33 heavy (non-hydrogen) atoms. The minimum absolute atomic E-state index is 0.116. The van der Waals surface area contributed by atoms with Crippen molar-refractivity contribution in [3.8, 4) is 0 Å². The Morgan fingerprint density at radius 3 is 2.27 bits per heavy atom. The zero-order chi connectivity index (χ0) is 23.4. The van der Waals surface area contributed by atoms with Gasteiger partial charge in [0.2, 0.25) is 0 Å². The number of anilines is 2. The molecule has 7 nitrogen and oxygen atoms in total. The van der Waals surface area contributed by atoms with E-state index in [1.54, 1.807) is 24.3 Å². The minimum atomic E-state index is -1.03. The largest absolute Gasteiger partial charge is 0.481 e. The number of ketones is 1. The molecular weight excluding hydrogens is 418 g/mol. The van der Waals surface area contributed by atoms with Crippen molar-refractivity contribution in [2.45, 2.75) is 18.9 Å². The van der Waals surface area contributed by atoms with Crippen molar-refractivity contribution in [3.05, 3.63) is 95.6 Å². The van der Waals surface area contributed by atoms with Crippen molar-refractivity contribution >= 4 is 40.3 Å². The molecule has 1 unspecified atom stereocenters. The van der Waals surface area contributed by atoms with E-state index in [1.807, 2.05) is 54.6 Å².